The van der Waals surface area contributed by atoms with Crippen LogP contribution in [0.15, 0.2) is 35.5 Å². The highest BCUT2D eigenvalue weighted by molar-refractivity contribution is 5.39. The second kappa shape index (κ2) is 8.27. The van der Waals surface area contributed by atoms with E-state index in [0.29, 0.717) is 17.3 Å². The molecule has 2 unspecified atom stereocenters. The van der Waals surface area contributed by atoms with Gasteiger partial charge in [0.1, 0.15) is 0 Å². The van der Waals surface area contributed by atoms with E-state index >= 15 is 0 Å². The molecule has 0 aromatic heterocycles. The van der Waals surface area contributed by atoms with Gasteiger partial charge in [0, 0.05) is 5.41 Å². The van der Waals surface area contributed by atoms with Crippen molar-refractivity contribution < 1.29 is 5.11 Å². The Morgan fingerprint density at radius 3 is 2.60 bits per heavy atom. The molecule has 0 aliphatic heterocycles. The van der Waals surface area contributed by atoms with Crippen LogP contribution in [0.2, 0.25) is 0 Å². The third-order valence-corrected chi connectivity index (χ3v) is 10.5. The van der Waals surface area contributed by atoms with Crippen LogP contribution in [0.5, 0.6) is 0 Å². The van der Waals surface area contributed by atoms with Gasteiger partial charge in [-0.1, -0.05) is 63.1 Å². The number of allylic oxidation sites excluding steroid dienone is 4. The highest BCUT2D eigenvalue weighted by Gasteiger charge is 2.58. The molecule has 1 heteroatoms. The van der Waals surface area contributed by atoms with Crippen molar-refractivity contribution >= 4 is 0 Å². The van der Waals surface area contributed by atoms with Gasteiger partial charge in [-0.15, -0.1) is 0 Å². The molecule has 4 aliphatic carbocycles. The summed E-state index contributed by atoms with van der Waals surface area (Å²) in [6, 6.07) is 0. The maximum atomic E-state index is 11.1. The maximum Gasteiger partial charge on any atom is 0.0636 e. The lowest BCUT2D eigenvalue weighted by atomic mass is 9.49. The van der Waals surface area contributed by atoms with Gasteiger partial charge in [0.05, 0.1) is 6.10 Å². The monoisotopic (exact) mass is 410 g/mol. The molecule has 0 aromatic rings. The Balaban J connectivity index is 1.53. The molecular weight excluding hydrogens is 364 g/mol. The molecule has 4 aliphatic rings. The van der Waals surface area contributed by atoms with Gasteiger partial charge in [0.2, 0.25) is 0 Å². The molecule has 168 valence electrons. The van der Waals surface area contributed by atoms with Crippen molar-refractivity contribution in [1.82, 2.24) is 0 Å². The zero-order chi connectivity index (χ0) is 21.7. The van der Waals surface area contributed by atoms with E-state index in [0.717, 1.165) is 30.6 Å². The number of hydrogen-bond donors (Lipinski definition) is 1. The van der Waals surface area contributed by atoms with Crippen molar-refractivity contribution in [2.24, 2.45) is 40.4 Å². The summed E-state index contributed by atoms with van der Waals surface area (Å²) in [5.41, 5.74) is 5.07. The van der Waals surface area contributed by atoms with Crippen LogP contribution in [-0.2, 0) is 0 Å². The summed E-state index contributed by atoms with van der Waals surface area (Å²) < 4.78 is 0. The third-order valence-electron chi connectivity index (χ3n) is 10.5. The Bertz CT molecular complexity index is 729. The predicted octanol–water partition coefficient (Wildman–Crippen LogP) is 7.87. The Hall–Kier alpha value is -0.820. The SMILES string of the molecule is C=C(C)C(CC)CC[C@@H](C)[C@H]1CC[C@H]2C3=CC=C4CCCC(O)[C@]4(C)[C@H]3CC[C@]12C. The summed E-state index contributed by atoms with van der Waals surface area (Å²) in [4.78, 5) is 0. The van der Waals surface area contributed by atoms with Gasteiger partial charge < -0.3 is 5.11 Å². The Morgan fingerprint density at radius 2 is 1.90 bits per heavy atom. The van der Waals surface area contributed by atoms with E-state index in [4.69, 9.17) is 0 Å². The van der Waals surface area contributed by atoms with Crippen LogP contribution in [-0.4, -0.2) is 11.2 Å². The topological polar surface area (TPSA) is 20.2 Å². The average molecular weight is 411 g/mol. The van der Waals surface area contributed by atoms with Gasteiger partial charge in [0.15, 0.2) is 0 Å². The smallest absolute Gasteiger partial charge is 0.0636 e. The highest BCUT2D eigenvalue weighted by Crippen LogP contribution is 2.66. The summed E-state index contributed by atoms with van der Waals surface area (Å²) in [7, 11) is 0. The summed E-state index contributed by atoms with van der Waals surface area (Å²) in [5, 5.41) is 11.1. The number of rotatable bonds is 6. The van der Waals surface area contributed by atoms with Gasteiger partial charge in [0.25, 0.3) is 0 Å². The second-order valence-corrected chi connectivity index (χ2v) is 11.9. The summed E-state index contributed by atoms with van der Waals surface area (Å²) >= 11 is 0. The third kappa shape index (κ3) is 3.39. The zero-order valence-electron chi connectivity index (χ0n) is 20.3. The molecule has 8 atom stereocenters. The van der Waals surface area contributed by atoms with Gasteiger partial charge in [-0.3, -0.25) is 0 Å². The Kier molecular flexibility index (Phi) is 6.17. The summed E-state index contributed by atoms with van der Waals surface area (Å²) in [6.45, 7) is 16.3. The molecule has 30 heavy (non-hydrogen) atoms. The first-order valence-electron chi connectivity index (χ1n) is 13.0. The average Bonchev–Trinajstić information content (AvgIpc) is 3.06. The van der Waals surface area contributed by atoms with Crippen LogP contribution in [0.4, 0.5) is 0 Å². The number of hydrogen-bond acceptors (Lipinski definition) is 1. The Morgan fingerprint density at radius 1 is 1.13 bits per heavy atom. The van der Waals surface area contributed by atoms with Crippen molar-refractivity contribution in [2.45, 2.75) is 105 Å². The normalized spacial score (nSPS) is 42.3. The first-order valence-corrected chi connectivity index (χ1v) is 13.0. The van der Waals surface area contributed by atoms with E-state index in [9.17, 15) is 5.11 Å². The molecule has 1 nitrogen and oxygen atoms in total. The zero-order valence-corrected chi connectivity index (χ0v) is 20.3. The van der Waals surface area contributed by atoms with Crippen LogP contribution in [0.3, 0.4) is 0 Å². The number of fused-ring (bicyclic) bond motifs is 5. The lowest BCUT2D eigenvalue weighted by Crippen LogP contribution is -2.50. The fourth-order valence-corrected chi connectivity index (χ4v) is 8.50. The predicted molar refractivity (Wildman–Crippen MR) is 128 cm³/mol. The first kappa shape index (κ1) is 22.4. The number of aliphatic hydroxyl groups excluding tert-OH is 1. The largest absolute Gasteiger partial charge is 0.392 e. The fraction of sp³-hybridized carbons (Fsp3) is 0.793. The molecule has 0 bridgehead atoms. The molecule has 0 amide bonds. The summed E-state index contributed by atoms with van der Waals surface area (Å²) in [6.07, 6.45) is 17.4. The molecule has 1 N–H and O–H groups in total. The quantitative estimate of drug-likeness (QED) is 0.442. The van der Waals surface area contributed by atoms with Gasteiger partial charge in [-0.05, 0) is 106 Å². The number of aliphatic hydroxyl groups is 1. The molecule has 4 rings (SSSR count). The molecule has 0 radical (unpaired) electrons. The van der Waals surface area contributed by atoms with Crippen LogP contribution < -0.4 is 0 Å². The minimum atomic E-state index is -0.153. The van der Waals surface area contributed by atoms with Crippen LogP contribution in [0, 0.1) is 40.4 Å². The molecule has 0 saturated heterocycles. The fourth-order valence-electron chi connectivity index (χ4n) is 8.50. The lowest BCUT2D eigenvalue weighted by Gasteiger charge is -2.56. The first-order chi connectivity index (χ1) is 14.2. The standard InChI is InChI=1S/C29H46O/c1-7-21(19(2)3)12-11-20(4)24-15-16-25-23-14-13-22-9-8-10-27(30)29(22,6)26(23)17-18-28(24,25)5/h13-14,20-21,24-27,30H,2,7-12,15-18H2,1,3-6H3/t20-,21?,24-,25+,26+,27?,28-,29+/m1/s1. The van der Waals surface area contributed by atoms with E-state index in [1.807, 2.05) is 0 Å². The minimum absolute atomic E-state index is 0.00318. The minimum Gasteiger partial charge on any atom is -0.392 e. The molecule has 3 fully saturated rings. The van der Waals surface area contributed by atoms with Crippen LogP contribution in [0.25, 0.3) is 0 Å². The van der Waals surface area contributed by atoms with Crippen molar-refractivity contribution in [1.29, 1.82) is 0 Å². The van der Waals surface area contributed by atoms with Crippen LogP contribution in [0.1, 0.15) is 98.8 Å². The molecule has 3 saturated carbocycles. The van der Waals surface area contributed by atoms with Crippen molar-refractivity contribution in [3.8, 4) is 0 Å². The van der Waals surface area contributed by atoms with E-state index in [1.54, 1.807) is 5.57 Å². The van der Waals surface area contributed by atoms with E-state index in [-0.39, 0.29) is 11.5 Å². The molecule has 0 heterocycles. The lowest BCUT2D eigenvalue weighted by molar-refractivity contribution is -0.0247. The van der Waals surface area contributed by atoms with Crippen molar-refractivity contribution in [3.05, 3.63) is 35.5 Å². The second-order valence-electron chi connectivity index (χ2n) is 11.9. The van der Waals surface area contributed by atoms with Gasteiger partial charge >= 0.3 is 0 Å². The molecular formula is C29H46O. The van der Waals surface area contributed by atoms with Gasteiger partial charge in [-0.2, -0.15) is 0 Å². The maximum absolute atomic E-state index is 11.1. The van der Waals surface area contributed by atoms with Crippen molar-refractivity contribution in [3.63, 3.8) is 0 Å². The molecule has 0 aromatic carbocycles. The molecule has 0 spiro atoms. The van der Waals surface area contributed by atoms with E-state index in [1.165, 1.54) is 62.5 Å². The van der Waals surface area contributed by atoms with Crippen molar-refractivity contribution in [2.75, 3.05) is 0 Å². The van der Waals surface area contributed by atoms with Crippen LogP contribution >= 0.6 is 0 Å². The summed E-state index contributed by atoms with van der Waals surface area (Å²) in [5.74, 6) is 3.66. The highest BCUT2D eigenvalue weighted by atomic mass is 16.3. The van der Waals surface area contributed by atoms with E-state index in [2.05, 4.69) is 53.3 Å². The van der Waals surface area contributed by atoms with Gasteiger partial charge in [-0.25, -0.2) is 0 Å². The Labute approximate surface area is 186 Å². The van der Waals surface area contributed by atoms with E-state index < -0.39 is 0 Å².